The molecule has 4 unspecified atom stereocenters. The number of allylic oxidation sites excluding steroid dienone is 2. The molecule has 1 aliphatic heterocycles. The van der Waals surface area contributed by atoms with Crippen LogP contribution in [0.15, 0.2) is 17.1 Å². The highest BCUT2D eigenvalue weighted by molar-refractivity contribution is 6.06. The number of carbonyl (C=O) groups excluding carboxylic acids is 2. The van der Waals surface area contributed by atoms with Crippen LogP contribution in [0.3, 0.4) is 0 Å². The van der Waals surface area contributed by atoms with Gasteiger partial charge < -0.3 is 10.6 Å². The fourth-order valence-corrected chi connectivity index (χ4v) is 5.20. The molecule has 29 heavy (non-hydrogen) atoms. The van der Waals surface area contributed by atoms with Crippen molar-refractivity contribution in [3.8, 4) is 0 Å². The van der Waals surface area contributed by atoms with Gasteiger partial charge in [0.1, 0.15) is 0 Å². The van der Waals surface area contributed by atoms with Crippen LogP contribution < -0.4 is 10.6 Å². The topological polar surface area (TPSA) is 77.0 Å². The second-order valence-corrected chi connectivity index (χ2v) is 8.94. The van der Waals surface area contributed by atoms with Crippen molar-refractivity contribution in [3.63, 3.8) is 0 Å². The molecule has 0 aromatic carbocycles. The molecule has 2 bridgehead atoms. The Labute approximate surface area is 175 Å². The van der Waals surface area contributed by atoms with E-state index < -0.39 is 0 Å². The Balaban J connectivity index is 1.50. The highest BCUT2D eigenvalue weighted by Gasteiger charge is 2.58. The summed E-state index contributed by atoms with van der Waals surface area (Å²) in [5.41, 5.74) is 0. The molecule has 0 aromatic heterocycles. The lowest BCUT2D eigenvalue weighted by Crippen LogP contribution is -2.44. The van der Waals surface area contributed by atoms with Crippen molar-refractivity contribution in [1.82, 2.24) is 20.4 Å². The van der Waals surface area contributed by atoms with Crippen LogP contribution in [-0.2, 0) is 9.59 Å². The van der Waals surface area contributed by atoms with Gasteiger partial charge in [-0.15, -0.1) is 0 Å². The minimum atomic E-state index is -0.113. The van der Waals surface area contributed by atoms with Crippen LogP contribution in [0.4, 0.5) is 0 Å². The Morgan fingerprint density at radius 1 is 1.10 bits per heavy atom. The highest BCUT2D eigenvalue weighted by atomic mass is 16.2. The van der Waals surface area contributed by atoms with Gasteiger partial charge in [0, 0.05) is 38.3 Å². The van der Waals surface area contributed by atoms with Gasteiger partial charge in [-0.3, -0.25) is 24.4 Å². The van der Waals surface area contributed by atoms with Gasteiger partial charge in [-0.25, -0.2) is 0 Å². The molecule has 0 aromatic rings. The standard InChI is InChI=1S/C22H37N5O2/c1-6-23-22(24-9-11-26(14(2)3)15(4)5)25-10-12-27-20(28)18-16-7-8-17(13-16)19(18)21(27)29/h7-8,14-19H,6,9-13H2,1-5H3,(H2,23,24,25). The Morgan fingerprint density at radius 2 is 1.69 bits per heavy atom. The number of nitrogens with one attached hydrogen (secondary N) is 2. The Bertz CT molecular complexity index is 634. The van der Waals surface area contributed by atoms with Gasteiger partial charge in [-0.1, -0.05) is 12.2 Å². The second kappa shape index (κ2) is 9.28. The van der Waals surface area contributed by atoms with E-state index in [0.717, 1.165) is 25.5 Å². The fourth-order valence-electron chi connectivity index (χ4n) is 5.20. The molecule has 7 nitrogen and oxygen atoms in total. The lowest BCUT2D eigenvalue weighted by Gasteiger charge is -2.29. The molecule has 0 spiro atoms. The summed E-state index contributed by atoms with van der Waals surface area (Å²) in [7, 11) is 0. The molecule has 2 N–H and O–H groups in total. The van der Waals surface area contributed by atoms with E-state index in [0.29, 0.717) is 31.7 Å². The molecule has 2 fully saturated rings. The summed E-state index contributed by atoms with van der Waals surface area (Å²) >= 11 is 0. The van der Waals surface area contributed by atoms with Crippen LogP contribution in [0.1, 0.15) is 41.0 Å². The van der Waals surface area contributed by atoms with E-state index in [4.69, 9.17) is 0 Å². The molecule has 3 rings (SSSR count). The third kappa shape index (κ3) is 4.49. The summed E-state index contributed by atoms with van der Waals surface area (Å²) in [6, 6.07) is 0.967. The van der Waals surface area contributed by atoms with E-state index in [1.54, 1.807) is 0 Å². The summed E-state index contributed by atoms with van der Waals surface area (Å²) < 4.78 is 0. The van der Waals surface area contributed by atoms with Crippen molar-refractivity contribution < 1.29 is 9.59 Å². The number of nitrogens with zero attached hydrogens (tertiary/aromatic N) is 3. The first-order valence-corrected chi connectivity index (χ1v) is 11.2. The summed E-state index contributed by atoms with van der Waals surface area (Å²) in [5, 5.41) is 6.53. The molecule has 4 atom stereocenters. The Morgan fingerprint density at radius 3 is 2.21 bits per heavy atom. The first-order valence-electron chi connectivity index (χ1n) is 11.2. The zero-order chi connectivity index (χ0) is 21.1. The molecule has 162 valence electrons. The summed E-state index contributed by atoms with van der Waals surface area (Å²) in [5.74, 6) is 1.08. The minimum absolute atomic E-state index is 0.0186. The SMILES string of the molecule is CCNC(=NCCN(C(C)C)C(C)C)NCCN1C(=O)C2C3C=CC(C3)C2C1=O. The largest absolute Gasteiger partial charge is 0.357 e. The Kier molecular flexibility index (Phi) is 6.98. The first kappa shape index (κ1) is 21.8. The van der Waals surface area contributed by atoms with Gasteiger partial charge in [0.05, 0.1) is 18.4 Å². The average Bonchev–Trinajstić information content (AvgIpc) is 3.33. The maximum atomic E-state index is 12.8. The molecular formula is C22H37N5O2. The van der Waals surface area contributed by atoms with Crippen LogP contribution in [0, 0.1) is 23.7 Å². The lowest BCUT2D eigenvalue weighted by molar-refractivity contribution is -0.140. The normalized spacial score (nSPS) is 28.4. The Hall–Kier alpha value is -1.89. The van der Waals surface area contributed by atoms with Gasteiger partial charge in [0.15, 0.2) is 5.96 Å². The zero-order valence-electron chi connectivity index (χ0n) is 18.5. The molecule has 7 heteroatoms. The van der Waals surface area contributed by atoms with Gasteiger partial charge >= 0.3 is 0 Å². The monoisotopic (exact) mass is 403 g/mol. The smallest absolute Gasteiger partial charge is 0.233 e. The van der Waals surface area contributed by atoms with Gasteiger partial charge in [-0.05, 0) is 52.9 Å². The van der Waals surface area contributed by atoms with Crippen LogP contribution in [0.25, 0.3) is 0 Å². The van der Waals surface area contributed by atoms with Gasteiger partial charge in [0.25, 0.3) is 0 Å². The third-order valence-corrected chi connectivity index (χ3v) is 6.49. The quantitative estimate of drug-likeness (QED) is 0.264. The lowest BCUT2D eigenvalue weighted by atomic mass is 9.85. The number of imide groups is 1. The number of rotatable bonds is 9. The predicted molar refractivity (Wildman–Crippen MR) is 115 cm³/mol. The fraction of sp³-hybridized carbons (Fsp3) is 0.773. The minimum Gasteiger partial charge on any atom is -0.357 e. The number of guanidine groups is 1. The average molecular weight is 404 g/mol. The molecule has 2 amide bonds. The van der Waals surface area contributed by atoms with E-state index in [1.807, 2.05) is 6.92 Å². The number of hydrogen-bond donors (Lipinski definition) is 2. The highest BCUT2D eigenvalue weighted by Crippen LogP contribution is 2.52. The number of carbonyl (C=O) groups is 2. The van der Waals surface area contributed by atoms with Crippen molar-refractivity contribution in [2.24, 2.45) is 28.7 Å². The second-order valence-electron chi connectivity index (χ2n) is 8.94. The molecular weight excluding hydrogens is 366 g/mol. The van der Waals surface area contributed by atoms with Crippen molar-refractivity contribution in [2.75, 3.05) is 32.7 Å². The summed E-state index contributed by atoms with van der Waals surface area (Å²) in [6.07, 6.45) is 5.23. The third-order valence-electron chi connectivity index (χ3n) is 6.49. The molecule has 2 aliphatic carbocycles. The van der Waals surface area contributed by atoms with E-state index in [-0.39, 0.29) is 35.5 Å². The van der Waals surface area contributed by atoms with E-state index in [2.05, 4.69) is 60.4 Å². The molecule has 1 saturated carbocycles. The number of hydrogen-bond acceptors (Lipinski definition) is 4. The van der Waals surface area contributed by atoms with Crippen LogP contribution in [0.2, 0.25) is 0 Å². The van der Waals surface area contributed by atoms with Crippen molar-refractivity contribution >= 4 is 17.8 Å². The van der Waals surface area contributed by atoms with Crippen molar-refractivity contribution in [1.29, 1.82) is 0 Å². The van der Waals surface area contributed by atoms with Crippen LogP contribution in [-0.4, -0.2) is 72.4 Å². The van der Waals surface area contributed by atoms with E-state index >= 15 is 0 Å². The number of amides is 2. The van der Waals surface area contributed by atoms with Gasteiger partial charge in [-0.2, -0.15) is 0 Å². The first-order chi connectivity index (χ1) is 13.8. The van der Waals surface area contributed by atoms with E-state index in [9.17, 15) is 9.59 Å². The van der Waals surface area contributed by atoms with Crippen LogP contribution in [0.5, 0.6) is 0 Å². The predicted octanol–water partition coefficient (Wildman–Crippen LogP) is 1.47. The number of fused-ring (bicyclic) bond motifs is 5. The van der Waals surface area contributed by atoms with E-state index in [1.165, 1.54) is 4.90 Å². The van der Waals surface area contributed by atoms with Gasteiger partial charge in [0.2, 0.25) is 11.8 Å². The maximum Gasteiger partial charge on any atom is 0.233 e. The molecule has 1 saturated heterocycles. The summed E-state index contributed by atoms with van der Waals surface area (Å²) in [4.78, 5) is 34.1. The van der Waals surface area contributed by atoms with Crippen molar-refractivity contribution in [2.45, 2.75) is 53.1 Å². The zero-order valence-corrected chi connectivity index (χ0v) is 18.5. The molecule has 0 radical (unpaired) electrons. The van der Waals surface area contributed by atoms with Crippen LogP contribution >= 0.6 is 0 Å². The number of aliphatic imine (C=N–C) groups is 1. The molecule has 1 heterocycles. The molecule has 3 aliphatic rings. The summed E-state index contributed by atoms with van der Waals surface area (Å²) in [6.45, 7) is 14.1. The van der Waals surface area contributed by atoms with Crippen molar-refractivity contribution in [3.05, 3.63) is 12.2 Å². The number of likely N-dealkylation sites (tertiary alicyclic amines) is 1. The maximum absolute atomic E-state index is 12.8.